The number of hydrogen-bond acceptors (Lipinski definition) is 4. The summed E-state index contributed by atoms with van der Waals surface area (Å²) in [7, 11) is 0. The van der Waals surface area contributed by atoms with Gasteiger partial charge in [-0.3, -0.25) is 4.79 Å². The fourth-order valence-corrected chi connectivity index (χ4v) is 2.31. The third-order valence-electron chi connectivity index (χ3n) is 3.44. The van der Waals surface area contributed by atoms with Crippen molar-refractivity contribution in [3.63, 3.8) is 0 Å². The second kappa shape index (κ2) is 5.66. The van der Waals surface area contributed by atoms with Crippen LogP contribution in [0.3, 0.4) is 0 Å². The number of carboxylic acids is 1. The van der Waals surface area contributed by atoms with E-state index in [2.05, 4.69) is 0 Å². The van der Waals surface area contributed by atoms with Crippen LogP contribution in [0, 0.1) is 0 Å². The van der Waals surface area contributed by atoms with Gasteiger partial charge in [-0.25, -0.2) is 4.79 Å². The molecule has 20 heavy (non-hydrogen) atoms. The van der Waals surface area contributed by atoms with E-state index in [0.29, 0.717) is 25.3 Å². The Morgan fingerprint density at radius 3 is 2.70 bits per heavy atom. The van der Waals surface area contributed by atoms with Crippen LogP contribution in [0.15, 0.2) is 10.5 Å². The largest absolute Gasteiger partial charge is 0.478 e. The molecule has 2 heterocycles. The molecule has 1 aliphatic rings. The molecule has 2 unspecified atom stereocenters. The first kappa shape index (κ1) is 14.6. The second-order valence-electron chi connectivity index (χ2n) is 5.06. The van der Waals surface area contributed by atoms with Crippen LogP contribution in [0.5, 0.6) is 0 Å². The molecule has 6 nitrogen and oxygen atoms in total. The highest BCUT2D eigenvalue weighted by Crippen LogP contribution is 2.21. The molecule has 1 fully saturated rings. The molecule has 1 amide bonds. The van der Waals surface area contributed by atoms with Gasteiger partial charge in [0.25, 0.3) is 5.91 Å². The predicted octanol–water partition coefficient (Wildman–Crippen LogP) is 1.79. The van der Waals surface area contributed by atoms with Crippen LogP contribution in [-0.4, -0.2) is 47.2 Å². The number of furan rings is 1. The number of nitrogens with zero attached hydrogens (tertiary/aromatic N) is 1. The Kier molecular flexibility index (Phi) is 4.13. The molecule has 1 aromatic rings. The van der Waals surface area contributed by atoms with Crippen molar-refractivity contribution >= 4 is 11.9 Å². The molecule has 0 radical (unpaired) electrons. The molecule has 6 heteroatoms. The molecule has 0 saturated carbocycles. The fraction of sp³-hybridized carbons (Fsp3) is 0.571. The van der Waals surface area contributed by atoms with Gasteiger partial charge in [-0.15, -0.1) is 0 Å². The first-order valence-corrected chi connectivity index (χ1v) is 6.72. The lowest BCUT2D eigenvalue weighted by Crippen LogP contribution is -2.50. The molecule has 1 N–H and O–H groups in total. The summed E-state index contributed by atoms with van der Waals surface area (Å²) in [6.45, 7) is 6.53. The first-order chi connectivity index (χ1) is 9.43. The van der Waals surface area contributed by atoms with Gasteiger partial charge < -0.3 is 19.2 Å². The van der Waals surface area contributed by atoms with Crippen molar-refractivity contribution in [2.24, 2.45) is 0 Å². The van der Waals surface area contributed by atoms with Crippen LogP contribution < -0.4 is 0 Å². The van der Waals surface area contributed by atoms with E-state index in [0.717, 1.165) is 0 Å². The summed E-state index contributed by atoms with van der Waals surface area (Å²) in [5.74, 6) is -0.946. The number of hydrogen-bond donors (Lipinski definition) is 1. The smallest absolute Gasteiger partial charge is 0.339 e. The Bertz CT molecular complexity index is 522. The monoisotopic (exact) mass is 281 g/mol. The number of amides is 1. The minimum atomic E-state index is -1.08. The molecule has 1 saturated heterocycles. The van der Waals surface area contributed by atoms with Crippen molar-refractivity contribution < 1.29 is 23.8 Å². The molecular weight excluding hydrogens is 262 g/mol. The van der Waals surface area contributed by atoms with Gasteiger partial charge in [0.15, 0.2) is 5.76 Å². The van der Waals surface area contributed by atoms with E-state index >= 15 is 0 Å². The summed E-state index contributed by atoms with van der Waals surface area (Å²) >= 11 is 0. The van der Waals surface area contributed by atoms with Gasteiger partial charge in [-0.1, -0.05) is 6.92 Å². The second-order valence-corrected chi connectivity index (χ2v) is 5.06. The molecule has 0 aromatic carbocycles. The zero-order valence-corrected chi connectivity index (χ0v) is 11.9. The number of morpholine rings is 1. The maximum absolute atomic E-state index is 12.4. The highest BCUT2D eigenvalue weighted by molar-refractivity contribution is 5.96. The minimum Gasteiger partial charge on any atom is -0.478 e. The molecule has 0 bridgehead atoms. The van der Waals surface area contributed by atoms with E-state index in [-0.39, 0.29) is 29.4 Å². The number of aryl methyl sites for hydroxylation is 1. The summed E-state index contributed by atoms with van der Waals surface area (Å²) in [4.78, 5) is 25.2. The summed E-state index contributed by atoms with van der Waals surface area (Å²) in [6.07, 6.45) is 0.402. The van der Waals surface area contributed by atoms with Gasteiger partial charge in [-0.2, -0.15) is 0 Å². The van der Waals surface area contributed by atoms with E-state index in [1.54, 1.807) is 11.8 Å². The number of carbonyl (C=O) groups excluding carboxylic acids is 1. The predicted molar refractivity (Wildman–Crippen MR) is 71.0 cm³/mol. The third kappa shape index (κ3) is 2.70. The van der Waals surface area contributed by atoms with Crippen LogP contribution in [0.4, 0.5) is 0 Å². The fourth-order valence-electron chi connectivity index (χ4n) is 2.31. The van der Waals surface area contributed by atoms with Crippen molar-refractivity contribution in [3.05, 3.63) is 23.2 Å². The summed E-state index contributed by atoms with van der Waals surface area (Å²) in [5.41, 5.74) is 0.0600. The van der Waals surface area contributed by atoms with Crippen molar-refractivity contribution in [1.82, 2.24) is 4.90 Å². The zero-order chi connectivity index (χ0) is 14.9. The topological polar surface area (TPSA) is 80.0 Å². The highest BCUT2D eigenvalue weighted by atomic mass is 16.5. The van der Waals surface area contributed by atoms with Gasteiger partial charge in [0.05, 0.1) is 18.8 Å². The maximum Gasteiger partial charge on any atom is 0.339 e. The molecule has 0 spiro atoms. The molecule has 2 rings (SSSR count). The Morgan fingerprint density at radius 1 is 1.45 bits per heavy atom. The maximum atomic E-state index is 12.4. The van der Waals surface area contributed by atoms with Crippen molar-refractivity contribution in [2.75, 3.05) is 13.2 Å². The molecule has 2 atom stereocenters. The Hall–Kier alpha value is -1.82. The molecule has 1 aromatic heterocycles. The number of rotatable bonds is 3. The van der Waals surface area contributed by atoms with Crippen molar-refractivity contribution in [2.45, 2.75) is 39.3 Å². The number of aromatic carboxylic acids is 1. The van der Waals surface area contributed by atoms with Crippen molar-refractivity contribution in [3.8, 4) is 0 Å². The van der Waals surface area contributed by atoms with Gasteiger partial charge in [0, 0.05) is 19.0 Å². The molecule has 110 valence electrons. The lowest BCUT2D eigenvalue weighted by molar-refractivity contribution is -0.0396. The summed E-state index contributed by atoms with van der Waals surface area (Å²) < 4.78 is 10.9. The van der Waals surface area contributed by atoms with E-state index < -0.39 is 5.97 Å². The van der Waals surface area contributed by atoms with E-state index in [1.807, 2.05) is 13.8 Å². The van der Waals surface area contributed by atoms with Crippen LogP contribution in [0.2, 0.25) is 0 Å². The SMILES string of the molecule is CCc1oc(C(=O)N2CC(C)OCC2C)cc1C(=O)O. The van der Waals surface area contributed by atoms with Crippen LogP contribution >= 0.6 is 0 Å². The van der Waals surface area contributed by atoms with Crippen LogP contribution in [-0.2, 0) is 11.2 Å². The first-order valence-electron chi connectivity index (χ1n) is 6.72. The van der Waals surface area contributed by atoms with E-state index in [9.17, 15) is 9.59 Å². The van der Waals surface area contributed by atoms with Crippen LogP contribution in [0.25, 0.3) is 0 Å². The van der Waals surface area contributed by atoms with Gasteiger partial charge in [0.1, 0.15) is 11.3 Å². The lowest BCUT2D eigenvalue weighted by Gasteiger charge is -2.36. The third-order valence-corrected chi connectivity index (χ3v) is 3.44. The number of carboxylic acid groups (broad SMARTS) is 1. The minimum absolute atomic E-state index is 0.0327. The molecule has 1 aliphatic heterocycles. The number of carbonyl (C=O) groups is 2. The Morgan fingerprint density at radius 2 is 2.15 bits per heavy atom. The highest BCUT2D eigenvalue weighted by Gasteiger charge is 2.31. The van der Waals surface area contributed by atoms with Gasteiger partial charge in [0.2, 0.25) is 0 Å². The molecule has 0 aliphatic carbocycles. The number of ether oxygens (including phenoxy) is 1. The normalized spacial score (nSPS) is 22.9. The zero-order valence-electron chi connectivity index (χ0n) is 11.9. The van der Waals surface area contributed by atoms with Crippen molar-refractivity contribution in [1.29, 1.82) is 0 Å². The summed E-state index contributed by atoms with van der Waals surface area (Å²) in [6, 6.07) is 1.26. The van der Waals surface area contributed by atoms with E-state index in [1.165, 1.54) is 6.07 Å². The van der Waals surface area contributed by atoms with E-state index in [4.69, 9.17) is 14.3 Å². The summed E-state index contributed by atoms with van der Waals surface area (Å²) in [5, 5.41) is 9.09. The Balaban J connectivity index is 2.26. The standard InChI is InChI=1S/C14H19NO5/c1-4-11-10(14(17)18)5-12(20-11)13(16)15-6-9(3)19-7-8(15)2/h5,8-9H,4,6-7H2,1-3H3,(H,17,18). The van der Waals surface area contributed by atoms with Crippen LogP contribution in [0.1, 0.15) is 47.4 Å². The quantitative estimate of drug-likeness (QED) is 0.913. The average Bonchev–Trinajstić information content (AvgIpc) is 2.85. The lowest BCUT2D eigenvalue weighted by atomic mass is 10.1. The van der Waals surface area contributed by atoms with Gasteiger partial charge >= 0.3 is 5.97 Å². The Labute approximate surface area is 117 Å². The average molecular weight is 281 g/mol. The van der Waals surface area contributed by atoms with Gasteiger partial charge in [-0.05, 0) is 13.8 Å². The molecular formula is C14H19NO5.